The minimum absolute atomic E-state index is 0.0211. The van der Waals surface area contributed by atoms with Crippen LogP contribution in [0.25, 0.3) is 11.0 Å². The van der Waals surface area contributed by atoms with Crippen LogP contribution in [0.5, 0.6) is 5.75 Å². The molecule has 0 fully saturated rings. The molecule has 0 spiro atoms. The highest BCUT2D eigenvalue weighted by molar-refractivity contribution is 5.90. The van der Waals surface area contributed by atoms with Gasteiger partial charge < -0.3 is 24.7 Å². The number of carbonyl (C=O) groups excluding carboxylic acids is 2. The number of phenols is 1. The van der Waals surface area contributed by atoms with Crippen molar-refractivity contribution < 1.29 is 24.2 Å². The number of carboxylic acid groups (broad SMARTS) is 1. The average Bonchev–Trinajstić information content (AvgIpc) is 2.50. The Kier molecular flexibility index (Phi) is 5.23. The number of nitrogens with one attached hydrogen (secondary N) is 1. The molecular weight excluding hydrogens is 314 g/mol. The molecule has 7 nitrogen and oxygen atoms in total. The zero-order valence-electron chi connectivity index (χ0n) is 13.4. The summed E-state index contributed by atoms with van der Waals surface area (Å²) in [6.07, 6.45) is 0.661. The Balaban J connectivity index is 2.33. The molecule has 7 heteroatoms. The highest BCUT2D eigenvalue weighted by Crippen LogP contribution is 2.27. The lowest BCUT2D eigenvalue weighted by molar-refractivity contribution is -0.308. The molecule has 1 aromatic heterocycles. The van der Waals surface area contributed by atoms with Crippen LogP contribution in [0.4, 0.5) is 0 Å². The van der Waals surface area contributed by atoms with Crippen LogP contribution in [-0.2, 0) is 16.0 Å². The molecule has 24 heavy (non-hydrogen) atoms. The number of fused-ring (bicyclic) bond motifs is 1. The quantitative estimate of drug-likeness (QED) is 0.738. The van der Waals surface area contributed by atoms with E-state index in [1.807, 2.05) is 0 Å². The number of hydrogen-bond donors (Lipinski definition) is 2. The third-order valence-corrected chi connectivity index (χ3v) is 3.77. The predicted molar refractivity (Wildman–Crippen MR) is 84.4 cm³/mol. The van der Waals surface area contributed by atoms with Gasteiger partial charge in [-0.15, -0.1) is 0 Å². The minimum Gasteiger partial charge on any atom is -0.548 e. The topological polar surface area (TPSA) is 120 Å². The van der Waals surface area contributed by atoms with Crippen LogP contribution >= 0.6 is 0 Å². The number of aryl methyl sites for hydroxylation is 1. The third-order valence-electron chi connectivity index (χ3n) is 3.77. The average molecular weight is 332 g/mol. The summed E-state index contributed by atoms with van der Waals surface area (Å²) in [7, 11) is 0. The highest BCUT2D eigenvalue weighted by Gasteiger charge is 2.16. The van der Waals surface area contributed by atoms with E-state index in [1.54, 1.807) is 19.9 Å². The van der Waals surface area contributed by atoms with Crippen molar-refractivity contribution in [1.29, 1.82) is 0 Å². The first-order valence-corrected chi connectivity index (χ1v) is 7.59. The van der Waals surface area contributed by atoms with Crippen LogP contribution in [0, 0.1) is 6.92 Å². The lowest BCUT2D eigenvalue weighted by Gasteiger charge is -2.19. The molecule has 0 aliphatic heterocycles. The van der Waals surface area contributed by atoms with E-state index >= 15 is 0 Å². The summed E-state index contributed by atoms with van der Waals surface area (Å²) in [5, 5.41) is 23.6. The van der Waals surface area contributed by atoms with Crippen LogP contribution in [0.2, 0.25) is 0 Å². The molecule has 0 aliphatic carbocycles. The van der Waals surface area contributed by atoms with Crippen molar-refractivity contribution in [1.82, 2.24) is 5.32 Å². The molecule has 2 aromatic rings. The number of aromatic hydroxyl groups is 1. The van der Waals surface area contributed by atoms with Gasteiger partial charge in [0.25, 0.3) is 0 Å². The monoisotopic (exact) mass is 332 g/mol. The molecule has 128 valence electrons. The molecule has 2 N–H and O–H groups in total. The Labute approximate surface area is 137 Å². The molecule has 1 amide bonds. The number of amides is 1. The standard InChI is InChI=1S/C17H19NO6/c1-3-4-12(17(22)23)18-14(20)7-10-8-15(21)24-16-9(2)13(19)6-5-11(10)16/h5-6,8,12,19H,3-4,7H2,1-2H3,(H,18,20)(H,22,23)/p-1/t12-/m0/s1. The van der Waals surface area contributed by atoms with E-state index in [0.29, 0.717) is 22.9 Å². The molecule has 1 heterocycles. The largest absolute Gasteiger partial charge is 0.548 e. The van der Waals surface area contributed by atoms with Gasteiger partial charge in [0.1, 0.15) is 11.3 Å². The van der Waals surface area contributed by atoms with Crippen LogP contribution in [-0.4, -0.2) is 23.0 Å². The number of phenolic OH excluding ortho intramolecular Hbond substituents is 1. The van der Waals surface area contributed by atoms with E-state index in [-0.39, 0.29) is 24.2 Å². The Hall–Kier alpha value is -2.83. The van der Waals surface area contributed by atoms with Crippen molar-refractivity contribution in [2.45, 2.75) is 39.2 Å². The maximum Gasteiger partial charge on any atom is 0.336 e. The molecule has 0 aliphatic rings. The van der Waals surface area contributed by atoms with Gasteiger partial charge in [0.05, 0.1) is 18.4 Å². The summed E-state index contributed by atoms with van der Waals surface area (Å²) in [6, 6.07) is 3.11. The van der Waals surface area contributed by atoms with E-state index in [0.717, 1.165) is 0 Å². The molecule has 1 aromatic carbocycles. The highest BCUT2D eigenvalue weighted by atomic mass is 16.4. The summed E-state index contributed by atoms with van der Waals surface area (Å²) in [4.78, 5) is 34.8. The number of aliphatic carboxylic acids is 1. The summed E-state index contributed by atoms with van der Waals surface area (Å²) < 4.78 is 5.10. The molecule has 0 unspecified atom stereocenters. The van der Waals surface area contributed by atoms with Gasteiger partial charge in [-0.25, -0.2) is 4.79 Å². The SMILES string of the molecule is CCC[C@H](NC(=O)Cc1cc(=O)oc2c(C)c(O)ccc12)C(=O)[O-]. The fraction of sp³-hybridized carbons (Fsp3) is 0.353. The number of rotatable bonds is 6. The van der Waals surface area contributed by atoms with Crippen molar-refractivity contribution in [2.75, 3.05) is 0 Å². The maximum atomic E-state index is 12.1. The summed E-state index contributed by atoms with van der Waals surface area (Å²) in [6.45, 7) is 3.39. The number of carbonyl (C=O) groups is 2. The molecule has 0 radical (unpaired) electrons. The van der Waals surface area contributed by atoms with Crippen LogP contribution in [0.3, 0.4) is 0 Å². The molecule has 1 atom stereocenters. The molecule has 0 bridgehead atoms. The van der Waals surface area contributed by atoms with Crippen molar-refractivity contribution in [3.05, 3.63) is 39.7 Å². The first-order valence-electron chi connectivity index (χ1n) is 7.59. The van der Waals surface area contributed by atoms with Gasteiger partial charge in [-0.1, -0.05) is 13.3 Å². The second-order valence-corrected chi connectivity index (χ2v) is 5.58. The zero-order chi connectivity index (χ0) is 17.9. The first kappa shape index (κ1) is 17.5. The minimum atomic E-state index is -1.34. The van der Waals surface area contributed by atoms with E-state index < -0.39 is 23.5 Å². The summed E-state index contributed by atoms with van der Waals surface area (Å²) >= 11 is 0. The lowest BCUT2D eigenvalue weighted by atomic mass is 10.0. The number of hydrogen-bond acceptors (Lipinski definition) is 6. The van der Waals surface area contributed by atoms with Crippen molar-refractivity contribution >= 4 is 22.8 Å². The van der Waals surface area contributed by atoms with E-state index in [9.17, 15) is 24.6 Å². The molecule has 0 saturated heterocycles. The second kappa shape index (κ2) is 7.16. The van der Waals surface area contributed by atoms with Crippen molar-refractivity contribution in [3.63, 3.8) is 0 Å². The van der Waals surface area contributed by atoms with Crippen LogP contribution in [0.1, 0.15) is 30.9 Å². The van der Waals surface area contributed by atoms with Gasteiger partial charge in [-0.2, -0.15) is 0 Å². The fourth-order valence-electron chi connectivity index (χ4n) is 2.52. The van der Waals surface area contributed by atoms with E-state index in [4.69, 9.17) is 4.42 Å². The zero-order valence-corrected chi connectivity index (χ0v) is 13.4. The Morgan fingerprint density at radius 3 is 2.71 bits per heavy atom. The van der Waals surface area contributed by atoms with E-state index in [2.05, 4.69) is 5.32 Å². The van der Waals surface area contributed by atoms with Gasteiger partial charge in [0.15, 0.2) is 0 Å². The van der Waals surface area contributed by atoms with Gasteiger partial charge in [0, 0.05) is 17.0 Å². The molecular formula is C17H18NO6-. The Morgan fingerprint density at radius 2 is 2.08 bits per heavy atom. The van der Waals surface area contributed by atoms with Gasteiger partial charge >= 0.3 is 5.63 Å². The predicted octanol–water partition coefficient (Wildman–Crippen LogP) is 0.384. The van der Waals surface area contributed by atoms with Crippen LogP contribution < -0.4 is 16.0 Å². The van der Waals surface area contributed by atoms with Gasteiger partial charge in [0.2, 0.25) is 5.91 Å². The normalized spacial score (nSPS) is 12.1. The first-order chi connectivity index (χ1) is 11.3. The second-order valence-electron chi connectivity index (χ2n) is 5.58. The number of carboxylic acids is 1. The lowest BCUT2D eigenvalue weighted by Crippen LogP contribution is -2.48. The van der Waals surface area contributed by atoms with Gasteiger partial charge in [-0.3, -0.25) is 4.79 Å². The van der Waals surface area contributed by atoms with Crippen molar-refractivity contribution in [2.24, 2.45) is 0 Å². The Bertz CT molecular complexity index is 839. The molecule has 0 saturated carbocycles. The smallest absolute Gasteiger partial charge is 0.336 e. The number of benzene rings is 1. The van der Waals surface area contributed by atoms with Crippen LogP contribution in [0.15, 0.2) is 27.4 Å². The van der Waals surface area contributed by atoms with Crippen molar-refractivity contribution in [3.8, 4) is 5.75 Å². The van der Waals surface area contributed by atoms with E-state index in [1.165, 1.54) is 12.1 Å². The van der Waals surface area contributed by atoms with Gasteiger partial charge in [-0.05, 0) is 31.0 Å². The maximum absolute atomic E-state index is 12.1. The fourth-order valence-corrected chi connectivity index (χ4v) is 2.52. The molecule has 2 rings (SSSR count). The Morgan fingerprint density at radius 1 is 1.38 bits per heavy atom. The summed E-state index contributed by atoms with van der Waals surface area (Å²) in [5.41, 5.74) is 0.347. The summed E-state index contributed by atoms with van der Waals surface area (Å²) in [5.74, 6) is -1.90. The third kappa shape index (κ3) is 3.73.